The lowest BCUT2D eigenvalue weighted by atomic mass is 10.4. The lowest BCUT2D eigenvalue weighted by molar-refractivity contribution is -0.137. The lowest BCUT2D eigenvalue weighted by Gasteiger charge is -2.11. The molecule has 2 aromatic heterocycles. The van der Waals surface area contributed by atoms with E-state index < -0.39 is 0 Å². The second kappa shape index (κ2) is 6.93. The lowest BCUT2D eigenvalue weighted by Crippen LogP contribution is -2.31. The minimum Gasteiger partial charge on any atom is -0.467 e. The van der Waals surface area contributed by atoms with Gasteiger partial charge in [-0.15, -0.1) is 10.2 Å². The summed E-state index contributed by atoms with van der Waals surface area (Å²) in [6.45, 7) is 0.986. The summed E-state index contributed by atoms with van der Waals surface area (Å²) < 4.78 is 6.03. The Kier molecular flexibility index (Phi) is 4.74. The van der Waals surface area contributed by atoms with Crippen molar-refractivity contribution in [1.82, 2.24) is 15.1 Å². The Balaban J connectivity index is 1.43. The van der Waals surface area contributed by atoms with Gasteiger partial charge in [-0.1, -0.05) is 23.1 Å². The monoisotopic (exact) mass is 338 g/mol. The number of anilines is 1. The van der Waals surface area contributed by atoms with Crippen molar-refractivity contribution in [2.75, 3.05) is 17.6 Å². The molecule has 0 unspecified atom stereocenters. The van der Waals surface area contributed by atoms with Gasteiger partial charge in [0.25, 0.3) is 0 Å². The molecule has 22 heavy (non-hydrogen) atoms. The maximum absolute atomic E-state index is 11.5. The second-order valence-corrected chi connectivity index (χ2v) is 6.91. The zero-order valence-electron chi connectivity index (χ0n) is 11.7. The number of nitrogens with zero attached hydrogens (tertiary/aromatic N) is 3. The molecule has 1 N–H and O–H groups in total. The summed E-state index contributed by atoms with van der Waals surface area (Å²) in [5, 5.41) is 12.0. The van der Waals surface area contributed by atoms with E-state index in [1.165, 1.54) is 28.0 Å². The third-order valence-corrected chi connectivity index (χ3v) is 5.09. The van der Waals surface area contributed by atoms with Crippen molar-refractivity contribution in [2.24, 2.45) is 0 Å². The minimum atomic E-state index is -0.0799. The van der Waals surface area contributed by atoms with Gasteiger partial charge in [0, 0.05) is 25.1 Å². The summed E-state index contributed by atoms with van der Waals surface area (Å²) in [5.74, 6) is 1.30. The van der Waals surface area contributed by atoms with E-state index in [9.17, 15) is 9.59 Å². The highest BCUT2D eigenvalue weighted by Crippen LogP contribution is 2.26. The number of likely N-dealkylation sites (tertiary alicyclic amines) is 1. The molecular weight excluding hydrogens is 324 g/mol. The maximum atomic E-state index is 11.5. The number of carbonyl (C=O) groups is 2. The SMILES string of the molecule is O=C1CCC(=O)N1CCSc1nnc(NCc2ccco2)s1. The number of imide groups is 1. The Morgan fingerprint density at radius 2 is 2.14 bits per heavy atom. The van der Waals surface area contributed by atoms with Crippen molar-refractivity contribution in [3.8, 4) is 0 Å². The first-order valence-electron chi connectivity index (χ1n) is 6.78. The summed E-state index contributed by atoms with van der Waals surface area (Å²) >= 11 is 2.93. The van der Waals surface area contributed by atoms with E-state index in [0.717, 1.165) is 10.1 Å². The fraction of sp³-hybridized carbons (Fsp3) is 0.385. The van der Waals surface area contributed by atoms with Gasteiger partial charge in [-0.3, -0.25) is 14.5 Å². The van der Waals surface area contributed by atoms with Gasteiger partial charge in [0.15, 0.2) is 4.34 Å². The van der Waals surface area contributed by atoms with Crippen LogP contribution in [-0.4, -0.2) is 39.2 Å². The van der Waals surface area contributed by atoms with Gasteiger partial charge in [-0.25, -0.2) is 0 Å². The van der Waals surface area contributed by atoms with Crippen LogP contribution in [-0.2, 0) is 16.1 Å². The number of rotatable bonds is 7. The first kappa shape index (κ1) is 15.0. The fourth-order valence-electron chi connectivity index (χ4n) is 2.01. The van der Waals surface area contributed by atoms with Gasteiger partial charge < -0.3 is 9.73 Å². The largest absolute Gasteiger partial charge is 0.467 e. The predicted octanol–water partition coefficient (Wildman–Crippen LogP) is 1.98. The van der Waals surface area contributed by atoms with Crippen LogP contribution >= 0.6 is 23.1 Å². The molecule has 0 bridgehead atoms. The Labute approximate surface area is 135 Å². The van der Waals surface area contributed by atoms with Crippen LogP contribution in [0.5, 0.6) is 0 Å². The molecule has 1 saturated heterocycles. The van der Waals surface area contributed by atoms with Gasteiger partial charge in [-0.2, -0.15) is 0 Å². The number of amides is 2. The smallest absolute Gasteiger partial charge is 0.229 e. The average Bonchev–Trinajstić information content (AvgIpc) is 3.23. The number of aromatic nitrogens is 2. The van der Waals surface area contributed by atoms with Crippen LogP contribution in [0.1, 0.15) is 18.6 Å². The van der Waals surface area contributed by atoms with Crippen LogP contribution in [0.2, 0.25) is 0 Å². The van der Waals surface area contributed by atoms with E-state index in [1.54, 1.807) is 6.26 Å². The van der Waals surface area contributed by atoms with Gasteiger partial charge in [0.1, 0.15) is 5.76 Å². The number of hydrogen-bond donors (Lipinski definition) is 1. The molecule has 0 spiro atoms. The molecule has 2 amide bonds. The van der Waals surface area contributed by atoms with Crippen molar-refractivity contribution in [2.45, 2.75) is 23.7 Å². The molecule has 0 saturated carbocycles. The van der Waals surface area contributed by atoms with Crippen LogP contribution < -0.4 is 5.32 Å². The van der Waals surface area contributed by atoms with Crippen LogP contribution in [0.3, 0.4) is 0 Å². The molecule has 2 aromatic rings. The molecule has 1 aliphatic heterocycles. The molecule has 3 heterocycles. The second-order valence-electron chi connectivity index (χ2n) is 4.59. The highest BCUT2D eigenvalue weighted by atomic mass is 32.2. The van der Waals surface area contributed by atoms with Crippen molar-refractivity contribution in [1.29, 1.82) is 0 Å². The summed E-state index contributed by atoms with van der Waals surface area (Å²) in [5.41, 5.74) is 0. The zero-order valence-corrected chi connectivity index (χ0v) is 13.3. The van der Waals surface area contributed by atoms with Crippen LogP contribution in [0, 0.1) is 0 Å². The molecule has 0 atom stereocenters. The van der Waals surface area contributed by atoms with Gasteiger partial charge in [0.2, 0.25) is 16.9 Å². The molecule has 1 fully saturated rings. The van der Waals surface area contributed by atoms with Gasteiger partial charge in [0.05, 0.1) is 12.8 Å². The van der Waals surface area contributed by atoms with E-state index in [-0.39, 0.29) is 11.8 Å². The molecule has 0 radical (unpaired) electrons. The first-order valence-corrected chi connectivity index (χ1v) is 8.58. The topological polar surface area (TPSA) is 88.3 Å². The minimum absolute atomic E-state index is 0.0799. The molecular formula is C13H14N4O3S2. The summed E-state index contributed by atoms with van der Waals surface area (Å²) in [6, 6.07) is 3.72. The van der Waals surface area contributed by atoms with E-state index in [1.807, 2.05) is 12.1 Å². The molecule has 7 nitrogen and oxygen atoms in total. The zero-order chi connectivity index (χ0) is 15.4. The van der Waals surface area contributed by atoms with Crippen LogP contribution in [0.25, 0.3) is 0 Å². The van der Waals surface area contributed by atoms with E-state index in [0.29, 0.717) is 36.8 Å². The Morgan fingerprint density at radius 1 is 1.32 bits per heavy atom. The standard InChI is InChI=1S/C13H14N4O3S2/c18-10-3-4-11(19)17(10)5-7-21-13-16-15-12(22-13)14-8-9-2-1-6-20-9/h1-2,6H,3-5,7-8H2,(H,14,15). The first-order chi connectivity index (χ1) is 10.7. The Bertz CT molecular complexity index is 640. The molecule has 3 rings (SSSR count). The molecule has 1 aliphatic rings. The number of thioether (sulfide) groups is 1. The highest BCUT2D eigenvalue weighted by molar-refractivity contribution is 8.01. The van der Waals surface area contributed by atoms with E-state index in [2.05, 4.69) is 15.5 Å². The summed E-state index contributed by atoms with van der Waals surface area (Å²) in [4.78, 5) is 24.3. The number of nitrogens with one attached hydrogen (secondary N) is 1. The van der Waals surface area contributed by atoms with Crippen molar-refractivity contribution in [3.05, 3.63) is 24.2 Å². The van der Waals surface area contributed by atoms with Crippen molar-refractivity contribution >= 4 is 40.0 Å². The number of carbonyl (C=O) groups excluding carboxylic acids is 2. The van der Waals surface area contributed by atoms with Crippen molar-refractivity contribution < 1.29 is 14.0 Å². The summed E-state index contributed by atoms with van der Waals surface area (Å²) in [7, 11) is 0. The van der Waals surface area contributed by atoms with Crippen LogP contribution in [0.15, 0.2) is 27.2 Å². The molecule has 116 valence electrons. The number of furan rings is 1. The fourth-order valence-corrected chi connectivity index (χ4v) is 3.75. The number of hydrogen-bond acceptors (Lipinski definition) is 8. The van der Waals surface area contributed by atoms with Crippen molar-refractivity contribution in [3.63, 3.8) is 0 Å². The molecule has 0 aliphatic carbocycles. The maximum Gasteiger partial charge on any atom is 0.229 e. The highest BCUT2D eigenvalue weighted by Gasteiger charge is 2.28. The average molecular weight is 338 g/mol. The van der Waals surface area contributed by atoms with Crippen LogP contribution in [0.4, 0.5) is 5.13 Å². The van der Waals surface area contributed by atoms with E-state index >= 15 is 0 Å². The predicted molar refractivity (Wildman–Crippen MR) is 82.6 cm³/mol. The quantitative estimate of drug-likeness (QED) is 0.610. The Morgan fingerprint density at radius 3 is 2.86 bits per heavy atom. The Hall–Kier alpha value is -1.87. The van der Waals surface area contributed by atoms with Gasteiger partial charge >= 0.3 is 0 Å². The third kappa shape index (κ3) is 3.66. The van der Waals surface area contributed by atoms with Gasteiger partial charge in [-0.05, 0) is 12.1 Å². The summed E-state index contributed by atoms with van der Waals surface area (Å²) in [6.07, 6.45) is 2.30. The molecule has 0 aromatic carbocycles. The normalized spacial score (nSPS) is 14.8. The molecule has 9 heteroatoms. The third-order valence-electron chi connectivity index (χ3n) is 3.10. The van der Waals surface area contributed by atoms with E-state index in [4.69, 9.17) is 4.42 Å².